The zero-order valence-corrected chi connectivity index (χ0v) is 13.3. The van der Waals surface area contributed by atoms with Gasteiger partial charge in [-0.15, -0.1) is 0 Å². The number of nitrogens with one attached hydrogen (secondary N) is 3. The smallest absolute Gasteiger partial charge is 0.335 e. The van der Waals surface area contributed by atoms with E-state index in [0.717, 1.165) is 5.69 Å². The Labute approximate surface area is 142 Å². The third kappa shape index (κ3) is 3.20. The molecule has 0 aliphatic heterocycles. The van der Waals surface area contributed by atoms with Crippen molar-refractivity contribution in [3.05, 3.63) is 70.0 Å². The van der Waals surface area contributed by atoms with Crippen molar-refractivity contribution in [3.63, 3.8) is 0 Å². The minimum atomic E-state index is -1.10. The molecule has 3 rings (SSSR count). The van der Waals surface area contributed by atoms with Crippen molar-refractivity contribution >= 4 is 34.2 Å². The Morgan fingerprint density at radius 3 is 2.56 bits per heavy atom. The summed E-state index contributed by atoms with van der Waals surface area (Å²) in [7, 11) is 1.74. The molecule has 1 heterocycles. The van der Waals surface area contributed by atoms with E-state index in [1.165, 1.54) is 24.3 Å². The number of aromatic carboxylic acids is 1. The molecule has 0 unspecified atom stereocenters. The Morgan fingerprint density at radius 1 is 1.08 bits per heavy atom. The summed E-state index contributed by atoms with van der Waals surface area (Å²) in [6.45, 7) is 0. The number of H-pyrrole nitrogens is 1. The summed E-state index contributed by atoms with van der Waals surface area (Å²) in [5.41, 5.74) is 1.12. The summed E-state index contributed by atoms with van der Waals surface area (Å²) in [6.07, 6.45) is 0. The summed E-state index contributed by atoms with van der Waals surface area (Å²) in [5, 5.41) is 15.2. The van der Waals surface area contributed by atoms with Crippen LogP contribution in [0, 0.1) is 0 Å². The summed E-state index contributed by atoms with van der Waals surface area (Å²) >= 11 is 0. The Kier molecular flexibility index (Phi) is 4.21. The quantitative estimate of drug-likeness (QED) is 0.584. The van der Waals surface area contributed by atoms with Crippen molar-refractivity contribution < 1.29 is 14.7 Å². The summed E-state index contributed by atoms with van der Waals surface area (Å²) in [6, 6.07) is 12.7. The van der Waals surface area contributed by atoms with Crippen LogP contribution in [-0.4, -0.2) is 29.0 Å². The van der Waals surface area contributed by atoms with E-state index in [1.807, 2.05) is 12.1 Å². The molecule has 4 N–H and O–H groups in total. The zero-order valence-electron chi connectivity index (χ0n) is 13.3. The van der Waals surface area contributed by atoms with Crippen LogP contribution in [0.3, 0.4) is 0 Å². The third-order valence-corrected chi connectivity index (χ3v) is 3.76. The van der Waals surface area contributed by atoms with Gasteiger partial charge in [-0.3, -0.25) is 9.59 Å². The minimum Gasteiger partial charge on any atom is -0.478 e. The molecule has 2 aromatic carbocycles. The second kappa shape index (κ2) is 6.48. The second-order valence-corrected chi connectivity index (χ2v) is 5.37. The fraction of sp³-hybridized carbons (Fsp3) is 0.0556. The molecule has 0 saturated heterocycles. The Balaban J connectivity index is 1.97. The number of pyridine rings is 1. The molecule has 1 amide bonds. The number of benzene rings is 2. The van der Waals surface area contributed by atoms with E-state index in [4.69, 9.17) is 5.11 Å². The second-order valence-electron chi connectivity index (χ2n) is 5.37. The molecule has 0 aliphatic rings. The number of carboxylic acid groups (broad SMARTS) is 1. The molecule has 0 bridgehead atoms. The van der Waals surface area contributed by atoms with E-state index < -0.39 is 17.4 Å². The van der Waals surface area contributed by atoms with Crippen LogP contribution in [0.25, 0.3) is 10.9 Å². The van der Waals surface area contributed by atoms with E-state index in [1.54, 1.807) is 19.2 Å². The molecule has 3 aromatic rings. The van der Waals surface area contributed by atoms with Crippen LogP contribution in [0.15, 0.2) is 53.3 Å². The first-order chi connectivity index (χ1) is 12.0. The predicted molar refractivity (Wildman–Crippen MR) is 95.5 cm³/mol. The normalized spacial score (nSPS) is 10.4. The molecule has 1 aromatic heterocycles. The van der Waals surface area contributed by atoms with E-state index in [0.29, 0.717) is 16.6 Å². The van der Waals surface area contributed by atoms with Gasteiger partial charge in [0.05, 0.1) is 16.8 Å². The summed E-state index contributed by atoms with van der Waals surface area (Å²) < 4.78 is 0. The van der Waals surface area contributed by atoms with Gasteiger partial charge in [-0.05, 0) is 30.3 Å². The number of hydrogen-bond acceptors (Lipinski definition) is 4. The van der Waals surface area contributed by atoms with Gasteiger partial charge in [0.15, 0.2) is 0 Å². The number of para-hydroxylation sites is 1. The number of hydrogen-bond donors (Lipinski definition) is 4. The highest BCUT2D eigenvalue weighted by Gasteiger charge is 2.14. The number of carbonyl (C=O) groups excluding carboxylic acids is 1. The first kappa shape index (κ1) is 16.3. The highest BCUT2D eigenvalue weighted by molar-refractivity contribution is 6.06. The Hall–Kier alpha value is -3.61. The fourth-order valence-corrected chi connectivity index (χ4v) is 2.54. The molecule has 0 aliphatic carbocycles. The molecule has 0 radical (unpaired) electrons. The average Bonchev–Trinajstić information content (AvgIpc) is 2.60. The highest BCUT2D eigenvalue weighted by atomic mass is 16.4. The van der Waals surface area contributed by atoms with Gasteiger partial charge in [-0.1, -0.05) is 18.2 Å². The summed E-state index contributed by atoms with van der Waals surface area (Å²) in [4.78, 5) is 38.4. The maximum Gasteiger partial charge on any atom is 0.335 e. The number of carbonyl (C=O) groups is 2. The monoisotopic (exact) mass is 337 g/mol. The van der Waals surface area contributed by atoms with Gasteiger partial charge in [0.2, 0.25) is 0 Å². The molecule has 7 heteroatoms. The molecule has 7 nitrogen and oxygen atoms in total. The molecular formula is C18H15N3O4. The number of rotatable bonds is 4. The lowest BCUT2D eigenvalue weighted by molar-refractivity contribution is 0.0696. The first-order valence-corrected chi connectivity index (χ1v) is 7.48. The Morgan fingerprint density at radius 2 is 1.84 bits per heavy atom. The van der Waals surface area contributed by atoms with Crippen LogP contribution < -0.4 is 16.2 Å². The van der Waals surface area contributed by atoms with E-state index in [-0.39, 0.29) is 11.1 Å². The average molecular weight is 337 g/mol. The van der Waals surface area contributed by atoms with E-state index >= 15 is 0 Å². The number of aromatic amines is 1. The van der Waals surface area contributed by atoms with Crippen LogP contribution in [0.1, 0.15) is 20.7 Å². The summed E-state index contributed by atoms with van der Waals surface area (Å²) in [5.74, 6) is -1.71. The predicted octanol–water partition coefficient (Wildman–Crippen LogP) is 2.52. The molecular weight excluding hydrogens is 322 g/mol. The number of anilines is 2. The number of fused-ring (bicyclic) bond motifs is 1. The number of aromatic nitrogens is 1. The van der Waals surface area contributed by atoms with Gasteiger partial charge in [0, 0.05) is 18.1 Å². The van der Waals surface area contributed by atoms with Crippen molar-refractivity contribution in [2.75, 3.05) is 17.7 Å². The van der Waals surface area contributed by atoms with Crippen LogP contribution in [0.2, 0.25) is 0 Å². The number of carboxylic acids is 1. The molecule has 0 saturated carbocycles. The minimum absolute atomic E-state index is 0.0453. The third-order valence-electron chi connectivity index (χ3n) is 3.76. The van der Waals surface area contributed by atoms with Crippen LogP contribution in [0.4, 0.5) is 11.4 Å². The van der Waals surface area contributed by atoms with Crippen molar-refractivity contribution in [1.29, 1.82) is 0 Å². The maximum atomic E-state index is 12.4. The van der Waals surface area contributed by atoms with Crippen molar-refractivity contribution in [3.8, 4) is 0 Å². The largest absolute Gasteiger partial charge is 0.478 e. The van der Waals surface area contributed by atoms with Crippen LogP contribution in [0.5, 0.6) is 0 Å². The lowest BCUT2D eigenvalue weighted by Gasteiger charge is -2.09. The van der Waals surface area contributed by atoms with Crippen LogP contribution >= 0.6 is 0 Å². The maximum absolute atomic E-state index is 12.4. The SMILES string of the molecule is CNc1cccc2cc(C(=O)Nc3cccc(C(=O)O)c3)c(=O)[nH]c12. The molecule has 0 spiro atoms. The standard InChI is InChI=1S/C18H15N3O4/c1-19-14-7-3-4-10-9-13(17(23)21-15(10)14)16(22)20-12-6-2-5-11(8-12)18(24)25/h2-9,19H,1H3,(H,20,22)(H,21,23)(H,24,25). The topological polar surface area (TPSA) is 111 Å². The van der Waals surface area contributed by atoms with Crippen LogP contribution in [-0.2, 0) is 0 Å². The fourth-order valence-electron chi connectivity index (χ4n) is 2.54. The van der Waals surface area contributed by atoms with Crippen molar-refractivity contribution in [2.45, 2.75) is 0 Å². The van der Waals surface area contributed by atoms with Gasteiger partial charge in [-0.2, -0.15) is 0 Å². The molecule has 0 fully saturated rings. The van der Waals surface area contributed by atoms with Gasteiger partial charge in [-0.25, -0.2) is 4.79 Å². The van der Waals surface area contributed by atoms with E-state index in [2.05, 4.69) is 15.6 Å². The van der Waals surface area contributed by atoms with Gasteiger partial charge >= 0.3 is 5.97 Å². The molecule has 0 atom stereocenters. The first-order valence-electron chi connectivity index (χ1n) is 7.48. The zero-order chi connectivity index (χ0) is 18.0. The van der Waals surface area contributed by atoms with Gasteiger partial charge in [0.1, 0.15) is 5.56 Å². The molecule has 126 valence electrons. The molecule has 25 heavy (non-hydrogen) atoms. The number of amides is 1. The van der Waals surface area contributed by atoms with Gasteiger partial charge < -0.3 is 20.7 Å². The lowest BCUT2D eigenvalue weighted by atomic mass is 10.1. The Bertz CT molecular complexity index is 1040. The van der Waals surface area contributed by atoms with E-state index in [9.17, 15) is 14.4 Å². The van der Waals surface area contributed by atoms with Gasteiger partial charge in [0.25, 0.3) is 11.5 Å². The lowest BCUT2D eigenvalue weighted by Crippen LogP contribution is -2.23. The van der Waals surface area contributed by atoms with Crippen molar-refractivity contribution in [2.24, 2.45) is 0 Å². The van der Waals surface area contributed by atoms with Crippen molar-refractivity contribution in [1.82, 2.24) is 4.98 Å². The highest BCUT2D eigenvalue weighted by Crippen LogP contribution is 2.20.